The van der Waals surface area contributed by atoms with E-state index in [4.69, 9.17) is 30.7 Å². The van der Waals surface area contributed by atoms with Crippen LogP contribution in [0.15, 0.2) is 11.3 Å². The fraction of sp³-hybridized carbons (Fsp3) is 0.636. The number of aromatic nitrogens is 2. The smallest absolute Gasteiger partial charge is 0.387 e. The van der Waals surface area contributed by atoms with E-state index in [2.05, 4.69) is 19.8 Å². The van der Waals surface area contributed by atoms with Crippen LogP contribution in [0, 0.1) is 0 Å². The van der Waals surface area contributed by atoms with E-state index in [1.54, 1.807) is 4.57 Å². The molecule has 5 atom stereocenters. The number of nitrogens with two attached hydrogens (primary N) is 2. The predicted octanol–water partition coefficient (Wildman–Crippen LogP) is -2.28. The molecule has 4 heterocycles. The lowest BCUT2D eigenvalue weighted by molar-refractivity contribution is -0.184. The number of hydrogen-bond donors (Lipinski definition) is 6. The van der Waals surface area contributed by atoms with E-state index in [9.17, 15) is 9.67 Å². The van der Waals surface area contributed by atoms with Gasteiger partial charge in [0, 0.05) is 0 Å². The summed E-state index contributed by atoms with van der Waals surface area (Å²) in [5.41, 5.74) is 10.6. The summed E-state index contributed by atoms with van der Waals surface area (Å²) in [4.78, 5) is 25.9. The Labute approximate surface area is 140 Å². The van der Waals surface area contributed by atoms with Gasteiger partial charge >= 0.3 is 7.82 Å². The van der Waals surface area contributed by atoms with Crippen molar-refractivity contribution in [1.82, 2.24) is 9.55 Å². The maximum absolute atomic E-state index is 11.0. The second-order valence-electron chi connectivity index (χ2n) is 6.03. The molecule has 0 amide bonds. The Hall–Kier alpha value is -1.57. The molecule has 138 valence electrons. The lowest BCUT2D eigenvalue weighted by Gasteiger charge is -2.31. The van der Waals surface area contributed by atoms with Crippen LogP contribution in [0.3, 0.4) is 0 Å². The van der Waals surface area contributed by atoms with Crippen LogP contribution in [0.25, 0.3) is 0 Å². The van der Waals surface area contributed by atoms with E-state index in [1.165, 1.54) is 6.33 Å². The number of ether oxygens (including phenoxy) is 2. The molecule has 1 aromatic heterocycles. The molecule has 2 bridgehead atoms. The molecular weight excluding hydrogens is 359 g/mol. The van der Waals surface area contributed by atoms with Crippen molar-refractivity contribution in [3.8, 4) is 0 Å². The average Bonchev–Trinajstić information content (AvgIpc) is 3.15. The van der Waals surface area contributed by atoms with Crippen molar-refractivity contribution in [2.45, 2.75) is 30.2 Å². The predicted molar refractivity (Wildman–Crippen MR) is 81.0 cm³/mol. The van der Waals surface area contributed by atoms with E-state index < -0.39 is 44.6 Å². The topological polar surface area (TPSA) is 200 Å². The van der Waals surface area contributed by atoms with Crippen LogP contribution in [0.1, 0.15) is 18.1 Å². The van der Waals surface area contributed by atoms with Crippen molar-refractivity contribution >= 4 is 19.6 Å². The largest absolute Gasteiger partial charge is 0.469 e. The minimum Gasteiger partial charge on any atom is -0.387 e. The molecule has 4 rings (SSSR count). The van der Waals surface area contributed by atoms with Crippen LogP contribution in [-0.2, 0) is 18.6 Å². The first-order chi connectivity index (χ1) is 11.7. The third kappa shape index (κ3) is 2.65. The minimum atomic E-state index is -4.72. The van der Waals surface area contributed by atoms with Crippen LogP contribution in [0.2, 0.25) is 0 Å². The van der Waals surface area contributed by atoms with Gasteiger partial charge in [-0.3, -0.25) is 9.09 Å². The molecular formula is C11H17N6O7P. The maximum atomic E-state index is 11.0. The SMILES string of the molecule is NC1=NC(N)c2ncn([C@@H]3O[C@@]4(COP(=O)(O)O)CO[C@H]3C4O)c2N1. The number of aliphatic hydroxyl groups excluding tert-OH is 1. The Morgan fingerprint density at radius 2 is 2.32 bits per heavy atom. The first-order valence-electron chi connectivity index (χ1n) is 7.30. The summed E-state index contributed by atoms with van der Waals surface area (Å²) in [6.45, 7) is -0.596. The van der Waals surface area contributed by atoms with Crippen molar-refractivity contribution in [3.63, 3.8) is 0 Å². The number of hydrogen-bond acceptors (Lipinski definition) is 10. The number of anilines is 1. The Kier molecular flexibility index (Phi) is 3.69. The molecule has 25 heavy (non-hydrogen) atoms. The number of aliphatic hydroxyl groups is 1. The summed E-state index contributed by atoms with van der Waals surface area (Å²) in [5.74, 6) is 0.547. The van der Waals surface area contributed by atoms with Gasteiger partial charge in [-0.25, -0.2) is 14.5 Å². The average molecular weight is 376 g/mol. The first kappa shape index (κ1) is 16.9. The number of phosphoric ester groups is 1. The monoisotopic (exact) mass is 376 g/mol. The standard InChI is InChI=1S/C11H17N6O7P/c12-7-4-8(16-10(13)15-7)17(3-14-4)9-5-6(18)11(24-9,1-22-5)2-23-25(19,20)21/h3,5-7,9,18H,1-2,12H2,(H3,13,15,16)(H2,19,20,21)/t5-,6?,7?,9+,11+/m0/s1. The van der Waals surface area contributed by atoms with E-state index >= 15 is 0 Å². The van der Waals surface area contributed by atoms with Crippen LogP contribution >= 0.6 is 7.82 Å². The van der Waals surface area contributed by atoms with Gasteiger partial charge in [-0.15, -0.1) is 0 Å². The Morgan fingerprint density at radius 3 is 3.04 bits per heavy atom. The number of aliphatic imine (C=N–C) groups is 1. The zero-order valence-corrected chi connectivity index (χ0v) is 13.6. The van der Waals surface area contributed by atoms with E-state index in [1.807, 2.05) is 0 Å². The molecule has 0 aliphatic carbocycles. The fourth-order valence-corrected chi connectivity index (χ4v) is 3.60. The van der Waals surface area contributed by atoms with Crippen LogP contribution in [0.4, 0.5) is 5.82 Å². The van der Waals surface area contributed by atoms with Crippen molar-refractivity contribution in [1.29, 1.82) is 0 Å². The van der Waals surface area contributed by atoms with Gasteiger partial charge < -0.3 is 41.2 Å². The molecule has 13 nitrogen and oxygen atoms in total. The molecule has 2 saturated heterocycles. The van der Waals surface area contributed by atoms with Crippen molar-refractivity contribution in [3.05, 3.63) is 12.0 Å². The van der Waals surface area contributed by atoms with Crippen molar-refractivity contribution < 1.29 is 33.5 Å². The molecule has 3 aliphatic heterocycles. The lowest BCUT2D eigenvalue weighted by atomic mass is 10.0. The number of nitrogens with one attached hydrogen (secondary N) is 1. The molecule has 0 radical (unpaired) electrons. The highest BCUT2D eigenvalue weighted by atomic mass is 31.2. The van der Waals surface area contributed by atoms with E-state index in [0.717, 1.165) is 0 Å². The van der Waals surface area contributed by atoms with Crippen molar-refractivity contribution in [2.24, 2.45) is 16.5 Å². The molecule has 8 N–H and O–H groups in total. The second-order valence-corrected chi connectivity index (χ2v) is 7.27. The highest BCUT2D eigenvalue weighted by molar-refractivity contribution is 7.46. The summed E-state index contributed by atoms with van der Waals surface area (Å²) >= 11 is 0. The van der Waals surface area contributed by atoms with Gasteiger partial charge in [0.25, 0.3) is 0 Å². The minimum absolute atomic E-state index is 0.0667. The molecule has 3 aliphatic rings. The van der Waals surface area contributed by atoms with Gasteiger partial charge in [-0.1, -0.05) is 0 Å². The summed E-state index contributed by atoms with van der Waals surface area (Å²) in [7, 11) is -4.72. The highest BCUT2D eigenvalue weighted by Crippen LogP contribution is 2.49. The Morgan fingerprint density at radius 1 is 1.56 bits per heavy atom. The number of phosphoric acid groups is 1. The quantitative estimate of drug-likeness (QED) is 0.309. The first-order valence-corrected chi connectivity index (χ1v) is 8.83. The second kappa shape index (κ2) is 5.46. The molecule has 0 spiro atoms. The third-order valence-corrected chi connectivity index (χ3v) is 4.85. The van der Waals surface area contributed by atoms with Gasteiger partial charge in [0.05, 0.1) is 19.5 Å². The number of imidazole rings is 1. The number of nitrogens with zero attached hydrogens (tertiary/aromatic N) is 3. The lowest BCUT2D eigenvalue weighted by Crippen LogP contribution is -2.44. The number of fused-ring (bicyclic) bond motifs is 3. The van der Waals surface area contributed by atoms with Crippen LogP contribution in [-0.4, -0.2) is 61.4 Å². The summed E-state index contributed by atoms with van der Waals surface area (Å²) in [6, 6.07) is 0. The van der Waals surface area contributed by atoms with Gasteiger partial charge in [-0.05, 0) is 0 Å². The molecule has 0 aromatic carbocycles. The Bertz CT molecular complexity index is 779. The van der Waals surface area contributed by atoms with Gasteiger partial charge in [-0.2, -0.15) is 0 Å². The summed E-state index contributed by atoms with van der Waals surface area (Å²) in [5, 5.41) is 13.3. The number of guanidine groups is 1. The van der Waals surface area contributed by atoms with Crippen LogP contribution in [0.5, 0.6) is 0 Å². The van der Waals surface area contributed by atoms with Gasteiger partial charge in [0.15, 0.2) is 12.2 Å². The van der Waals surface area contributed by atoms with Gasteiger partial charge in [0.1, 0.15) is 35.5 Å². The van der Waals surface area contributed by atoms with E-state index in [-0.39, 0.29) is 12.6 Å². The van der Waals surface area contributed by atoms with E-state index in [0.29, 0.717) is 11.5 Å². The van der Waals surface area contributed by atoms with Crippen LogP contribution < -0.4 is 16.8 Å². The zero-order valence-electron chi connectivity index (χ0n) is 12.7. The summed E-state index contributed by atoms with van der Waals surface area (Å²) < 4.78 is 28.4. The molecule has 2 fully saturated rings. The fourth-order valence-electron chi connectivity index (χ4n) is 3.21. The molecule has 1 aromatic rings. The highest BCUT2D eigenvalue weighted by Gasteiger charge is 2.62. The maximum Gasteiger partial charge on any atom is 0.469 e. The Balaban J connectivity index is 1.61. The van der Waals surface area contributed by atoms with Crippen molar-refractivity contribution in [2.75, 3.05) is 18.5 Å². The zero-order chi connectivity index (χ0) is 18.0. The van der Waals surface area contributed by atoms with Gasteiger partial charge in [0.2, 0.25) is 0 Å². The molecule has 2 unspecified atom stereocenters. The molecule has 14 heteroatoms. The summed E-state index contributed by atoms with van der Waals surface area (Å²) in [6.07, 6.45) is -2.05. The number of rotatable bonds is 4. The third-order valence-electron chi connectivity index (χ3n) is 4.38. The normalized spacial score (nSPS) is 36.9. The molecule has 0 saturated carbocycles.